The summed E-state index contributed by atoms with van der Waals surface area (Å²) in [7, 11) is 0. The summed E-state index contributed by atoms with van der Waals surface area (Å²) < 4.78 is 0. The van der Waals surface area contributed by atoms with Crippen molar-refractivity contribution in [2.75, 3.05) is 11.1 Å². The summed E-state index contributed by atoms with van der Waals surface area (Å²) in [5.74, 6) is -0.130. The third kappa shape index (κ3) is 6.08. The average molecular weight is 633 g/mol. The van der Waals surface area contributed by atoms with E-state index in [1.54, 1.807) is 12.1 Å². The third-order valence-corrected chi connectivity index (χ3v) is 8.32. The largest absolute Gasteiger partial charge is 0.399 e. The number of aromatic nitrogens is 2. The molecule has 0 unspecified atom stereocenters. The van der Waals surface area contributed by atoms with Gasteiger partial charge in [0.05, 0.1) is 11.0 Å². The molecule has 0 aliphatic rings. The van der Waals surface area contributed by atoms with Crippen LogP contribution in [0.15, 0.2) is 133 Å². The Morgan fingerprint density at radius 1 is 0.571 bits per heavy atom. The molecule has 232 valence electrons. The summed E-state index contributed by atoms with van der Waals surface area (Å²) >= 11 is 0. The lowest BCUT2D eigenvalue weighted by atomic mass is 9.95. The topological polar surface area (TPSA) is 128 Å². The lowest BCUT2D eigenvalue weighted by Gasteiger charge is -2.13. The van der Waals surface area contributed by atoms with Crippen molar-refractivity contribution >= 4 is 60.6 Å². The van der Waals surface area contributed by atoms with E-state index in [-0.39, 0.29) is 5.91 Å². The van der Waals surface area contributed by atoms with Crippen molar-refractivity contribution in [2.45, 2.75) is 6.92 Å². The number of hydrogen-bond donors (Lipinski definition) is 2. The van der Waals surface area contributed by atoms with Gasteiger partial charge in [-0.2, -0.15) is 10.5 Å². The number of amides is 1. The Labute approximate surface area is 282 Å². The Balaban J connectivity index is 0.000000155. The van der Waals surface area contributed by atoms with Gasteiger partial charge in [-0.3, -0.25) is 4.79 Å². The molecule has 2 heterocycles. The Kier molecular flexibility index (Phi) is 8.08. The average Bonchev–Trinajstić information content (AvgIpc) is 3.13. The summed E-state index contributed by atoms with van der Waals surface area (Å²) in [4.78, 5) is 20.6. The van der Waals surface area contributed by atoms with Crippen molar-refractivity contribution in [1.29, 1.82) is 10.5 Å². The normalized spacial score (nSPS) is 10.7. The number of benzene rings is 6. The van der Waals surface area contributed by atoms with E-state index in [0.29, 0.717) is 22.8 Å². The highest BCUT2D eigenvalue weighted by Gasteiger charge is 2.13. The Bertz CT molecular complexity index is 2660. The molecule has 8 rings (SSSR count). The summed E-state index contributed by atoms with van der Waals surface area (Å²) in [6, 6.07) is 47.6. The van der Waals surface area contributed by atoms with E-state index in [1.165, 1.54) is 6.92 Å². The molecule has 0 aliphatic heterocycles. The number of hydrogen-bond acceptors (Lipinski definition) is 6. The van der Waals surface area contributed by atoms with Gasteiger partial charge in [0.25, 0.3) is 0 Å². The number of pyridine rings is 2. The van der Waals surface area contributed by atoms with Gasteiger partial charge >= 0.3 is 0 Å². The van der Waals surface area contributed by atoms with Gasteiger partial charge < -0.3 is 11.1 Å². The molecule has 0 saturated heterocycles. The molecule has 3 N–H and O–H groups in total. The molecule has 1 amide bonds. The van der Waals surface area contributed by atoms with E-state index >= 15 is 0 Å². The molecule has 0 atom stereocenters. The molecule has 8 aromatic rings. The summed E-state index contributed by atoms with van der Waals surface area (Å²) in [5, 5.41) is 27.6. The van der Waals surface area contributed by atoms with Crippen molar-refractivity contribution in [3.05, 3.63) is 145 Å². The second-order valence-corrected chi connectivity index (χ2v) is 11.6. The van der Waals surface area contributed by atoms with Crippen LogP contribution in [0, 0.1) is 22.7 Å². The molecule has 0 aliphatic carbocycles. The molecule has 49 heavy (non-hydrogen) atoms. The number of nitrogen functional groups attached to an aromatic ring is 1. The number of rotatable bonds is 3. The van der Waals surface area contributed by atoms with Gasteiger partial charge in [0.15, 0.2) is 0 Å². The first kappa shape index (κ1) is 30.6. The van der Waals surface area contributed by atoms with Crippen molar-refractivity contribution in [1.82, 2.24) is 9.97 Å². The van der Waals surface area contributed by atoms with Gasteiger partial charge in [-0.25, -0.2) is 9.97 Å². The fourth-order valence-corrected chi connectivity index (χ4v) is 6.22. The van der Waals surface area contributed by atoms with Crippen LogP contribution in [0.1, 0.15) is 18.3 Å². The fourth-order valence-electron chi connectivity index (χ4n) is 6.22. The van der Waals surface area contributed by atoms with Gasteiger partial charge in [-0.15, -0.1) is 0 Å². The van der Waals surface area contributed by atoms with Crippen LogP contribution in [0.3, 0.4) is 0 Å². The van der Waals surface area contributed by atoms with Crippen LogP contribution in [0.2, 0.25) is 0 Å². The van der Waals surface area contributed by atoms with Crippen molar-refractivity contribution in [3.63, 3.8) is 0 Å². The van der Waals surface area contributed by atoms with Gasteiger partial charge in [0, 0.05) is 40.2 Å². The van der Waals surface area contributed by atoms with Crippen molar-refractivity contribution < 1.29 is 4.79 Å². The van der Waals surface area contributed by atoms with E-state index in [1.807, 2.05) is 78.9 Å². The van der Waals surface area contributed by atoms with E-state index in [4.69, 9.17) is 11.0 Å². The van der Waals surface area contributed by atoms with Crippen LogP contribution in [-0.2, 0) is 4.79 Å². The minimum Gasteiger partial charge on any atom is -0.399 e. The van der Waals surface area contributed by atoms with E-state index in [9.17, 15) is 10.1 Å². The maximum Gasteiger partial charge on any atom is 0.221 e. The highest BCUT2D eigenvalue weighted by Crippen LogP contribution is 2.36. The van der Waals surface area contributed by atoms with Crippen LogP contribution in [0.4, 0.5) is 11.4 Å². The first-order valence-corrected chi connectivity index (χ1v) is 15.6. The zero-order valence-corrected chi connectivity index (χ0v) is 26.5. The van der Waals surface area contributed by atoms with E-state index < -0.39 is 0 Å². The predicted octanol–water partition coefficient (Wildman–Crippen LogP) is 9.39. The Morgan fingerprint density at radius 2 is 1.06 bits per heavy atom. The van der Waals surface area contributed by atoms with Gasteiger partial charge in [-0.05, 0) is 81.2 Å². The zero-order valence-electron chi connectivity index (χ0n) is 26.5. The number of carbonyl (C=O) groups is 1. The molecule has 0 bridgehead atoms. The highest BCUT2D eigenvalue weighted by atomic mass is 16.1. The second kappa shape index (κ2) is 13.0. The molecule has 7 heteroatoms. The monoisotopic (exact) mass is 632 g/mol. The lowest BCUT2D eigenvalue weighted by Crippen LogP contribution is -2.06. The fraction of sp³-hybridized carbons (Fsp3) is 0.0238. The number of carbonyl (C=O) groups excluding carboxylic acids is 1. The van der Waals surface area contributed by atoms with Crippen LogP contribution in [0.5, 0.6) is 0 Å². The smallest absolute Gasteiger partial charge is 0.221 e. The van der Waals surface area contributed by atoms with E-state index in [0.717, 1.165) is 65.6 Å². The molecular weight excluding hydrogens is 605 g/mol. The first-order chi connectivity index (χ1) is 23.9. The summed E-state index contributed by atoms with van der Waals surface area (Å²) in [6.07, 6.45) is 0. The molecule has 0 fully saturated rings. The Hall–Kier alpha value is -7.09. The molecule has 7 nitrogen and oxygen atoms in total. The predicted molar refractivity (Wildman–Crippen MR) is 198 cm³/mol. The highest BCUT2D eigenvalue weighted by molar-refractivity contribution is 6.07. The van der Waals surface area contributed by atoms with Crippen LogP contribution >= 0.6 is 0 Å². The molecule has 6 aromatic carbocycles. The van der Waals surface area contributed by atoms with Crippen LogP contribution in [-0.4, -0.2) is 15.9 Å². The standard InChI is InChI=1S/C22H15N3O.C20H13N3/c1-14(26)24-18-11-16-9-10-17(13-23)25-22(16)21(12-18)20-8-4-6-15-5-2-3-7-19(15)20;21-12-16-9-8-14-10-15(22)11-19(20(14)23-16)18-7-3-5-13-4-1-2-6-17(13)18/h2-12H,1H3,(H,24,26);1-11H,22H2. The van der Waals surface area contributed by atoms with Gasteiger partial charge in [0.1, 0.15) is 23.5 Å². The minimum absolute atomic E-state index is 0.130. The van der Waals surface area contributed by atoms with E-state index in [2.05, 4.69) is 69.9 Å². The van der Waals surface area contributed by atoms with Crippen LogP contribution in [0.25, 0.3) is 65.6 Å². The number of fused-ring (bicyclic) bond motifs is 4. The SMILES string of the molecule is CC(=O)Nc1cc(-c2cccc3ccccc23)c2nc(C#N)ccc2c1.N#Cc1ccc2cc(N)cc(-c3cccc4ccccc34)c2n1. The number of nitrogens with one attached hydrogen (secondary N) is 1. The second-order valence-electron chi connectivity index (χ2n) is 11.6. The zero-order chi connectivity index (χ0) is 33.9. The number of nitrogens with zero attached hydrogens (tertiary/aromatic N) is 4. The number of nitrogens with two attached hydrogens (primary N) is 1. The summed E-state index contributed by atoms with van der Waals surface area (Å²) in [6.45, 7) is 1.48. The van der Waals surface area contributed by atoms with Gasteiger partial charge in [0.2, 0.25) is 5.91 Å². The molecule has 0 radical (unpaired) electrons. The lowest BCUT2D eigenvalue weighted by molar-refractivity contribution is -0.114. The number of nitriles is 2. The molecule has 0 spiro atoms. The molecule has 2 aromatic heterocycles. The van der Waals surface area contributed by atoms with Crippen molar-refractivity contribution in [3.8, 4) is 34.4 Å². The Morgan fingerprint density at radius 3 is 1.59 bits per heavy atom. The minimum atomic E-state index is -0.130. The summed E-state index contributed by atoms with van der Waals surface area (Å²) in [5.41, 5.74) is 13.7. The van der Waals surface area contributed by atoms with Crippen LogP contribution < -0.4 is 11.1 Å². The quantitative estimate of drug-likeness (QED) is 0.187. The van der Waals surface area contributed by atoms with Gasteiger partial charge in [-0.1, -0.05) is 84.9 Å². The maximum absolute atomic E-state index is 11.5. The maximum atomic E-state index is 11.5. The first-order valence-electron chi connectivity index (χ1n) is 15.6. The molecular formula is C42H28N6O. The molecule has 0 saturated carbocycles. The third-order valence-electron chi connectivity index (χ3n) is 8.32. The number of anilines is 2. The van der Waals surface area contributed by atoms with Crippen molar-refractivity contribution in [2.24, 2.45) is 0 Å².